The normalized spacial score (nSPS) is 13.8. The summed E-state index contributed by atoms with van der Waals surface area (Å²) in [7, 11) is 0. The Kier molecular flexibility index (Phi) is 10.2. The largest absolute Gasteiger partial charge is 0.481 e. The molecule has 0 saturated heterocycles. The fraction of sp³-hybridized carbons (Fsp3) is 0.857. The van der Waals surface area contributed by atoms with Crippen LogP contribution in [0, 0.1) is 11.8 Å². The lowest BCUT2D eigenvalue weighted by molar-refractivity contribution is -0.141. The van der Waals surface area contributed by atoms with Crippen LogP contribution in [0.15, 0.2) is 0 Å². The van der Waals surface area contributed by atoms with Crippen molar-refractivity contribution in [1.82, 2.24) is 5.32 Å². The number of aliphatic carboxylic acids is 1. The lowest BCUT2D eigenvalue weighted by Crippen LogP contribution is -2.25. The molecular weight excluding hydrogens is 244 g/mol. The monoisotopic (exact) mass is 272 g/mol. The summed E-state index contributed by atoms with van der Waals surface area (Å²) in [6.45, 7) is 5.03. The zero-order valence-electron chi connectivity index (χ0n) is 12.2. The number of nitrogens with one attached hydrogen (secondary N) is 1. The van der Waals surface area contributed by atoms with E-state index in [0.717, 1.165) is 19.3 Å². The van der Waals surface area contributed by atoms with E-state index < -0.39 is 5.97 Å². The first-order valence-electron chi connectivity index (χ1n) is 7.20. The first-order valence-corrected chi connectivity index (χ1v) is 7.20. The van der Waals surface area contributed by atoms with Crippen LogP contribution in [0.5, 0.6) is 0 Å². The smallest absolute Gasteiger partial charge is 0.306 e. The van der Waals surface area contributed by atoms with Crippen molar-refractivity contribution in [1.29, 1.82) is 0 Å². The van der Waals surface area contributed by atoms with Crippen molar-refractivity contribution in [3.8, 4) is 0 Å². The second-order valence-corrected chi connectivity index (χ2v) is 5.12. The molecule has 0 bridgehead atoms. The van der Waals surface area contributed by atoms with E-state index >= 15 is 0 Å². The molecule has 0 aliphatic heterocycles. The number of rotatable bonds is 11. The standard InChI is InChI=1S/C14H28N2O3/c1-3-12(8-9-15)6-7-13(17)16-10-4-5-11(2)14(18)19/h11-12H,3-10,15H2,1-2H3,(H,16,17)(H,18,19). The van der Waals surface area contributed by atoms with Crippen LogP contribution < -0.4 is 11.1 Å². The Hall–Kier alpha value is -1.10. The maximum Gasteiger partial charge on any atom is 0.306 e. The number of hydrogen-bond donors (Lipinski definition) is 3. The summed E-state index contributed by atoms with van der Waals surface area (Å²) in [5.41, 5.74) is 5.51. The van der Waals surface area contributed by atoms with E-state index in [1.165, 1.54) is 0 Å². The molecule has 0 aromatic carbocycles. The van der Waals surface area contributed by atoms with Crippen LogP contribution in [-0.4, -0.2) is 30.1 Å². The fourth-order valence-electron chi connectivity index (χ4n) is 1.97. The van der Waals surface area contributed by atoms with Crippen molar-refractivity contribution in [2.75, 3.05) is 13.1 Å². The van der Waals surface area contributed by atoms with Crippen LogP contribution in [0.25, 0.3) is 0 Å². The highest BCUT2D eigenvalue weighted by molar-refractivity contribution is 5.75. The summed E-state index contributed by atoms with van der Waals surface area (Å²) in [6.07, 6.45) is 4.75. The van der Waals surface area contributed by atoms with Gasteiger partial charge in [0.25, 0.3) is 0 Å². The highest BCUT2D eigenvalue weighted by Gasteiger charge is 2.11. The SMILES string of the molecule is CCC(CCN)CCC(=O)NCCCC(C)C(=O)O. The Morgan fingerprint density at radius 3 is 2.47 bits per heavy atom. The quantitative estimate of drug-likeness (QED) is 0.500. The van der Waals surface area contributed by atoms with Crippen molar-refractivity contribution in [3.05, 3.63) is 0 Å². The minimum atomic E-state index is -0.779. The van der Waals surface area contributed by atoms with Gasteiger partial charge < -0.3 is 16.2 Å². The number of carboxylic acids is 1. The van der Waals surface area contributed by atoms with Gasteiger partial charge in [-0.05, 0) is 38.1 Å². The van der Waals surface area contributed by atoms with Crippen LogP contribution in [-0.2, 0) is 9.59 Å². The van der Waals surface area contributed by atoms with Gasteiger partial charge in [0.1, 0.15) is 0 Å². The highest BCUT2D eigenvalue weighted by atomic mass is 16.4. The molecule has 0 saturated carbocycles. The van der Waals surface area contributed by atoms with E-state index in [9.17, 15) is 9.59 Å². The summed E-state index contributed by atoms with van der Waals surface area (Å²) < 4.78 is 0. The third-order valence-electron chi connectivity index (χ3n) is 3.49. The molecule has 5 nitrogen and oxygen atoms in total. The van der Waals surface area contributed by atoms with E-state index in [-0.39, 0.29) is 11.8 Å². The molecule has 0 aliphatic carbocycles. The summed E-state index contributed by atoms with van der Waals surface area (Å²) in [4.78, 5) is 22.2. The first kappa shape index (κ1) is 17.9. The van der Waals surface area contributed by atoms with Crippen molar-refractivity contribution in [2.24, 2.45) is 17.6 Å². The molecule has 2 unspecified atom stereocenters. The third kappa shape index (κ3) is 9.47. The van der Waals surface area contributed by atoms with Crippen molar-refractivity contribution < 1.29 is 14.7 Å². The molecule has 0 aromatic rings. The maximum atomic E-state index is 11.6. The van der Waals surface area contributed by atoms with Gasteiger partial charge in [-0.15, -0.1) is 0 Å². The summed E-state index contributed by atoms with van der Waals surface area (Å²) in [5, 5.41) is 11.6. The molecule has 5 heteroatoms. The van der Waals surface area contributed by atoms with Gasteiger partial charge in [0.2, 0.25) is 5.91 Å². The maximum absolute atomic E-state index is 11.6. The number of carbonyl (C=O) groups excluding carboxylic acids is 1. The Morgan fingerprint density at radius 1 is 1.26 bits per heavy atom. The fourth-order valence-corrected chi connectivity index (χ4v) is 1.97. The van der Waals surface area contributed by atoms with Gasteiger partial charge in [-0.3, -0.25) is 9.59 Å². The minimum Gasteiger partial charge on any atom is -0.481 e. The van der Waals surface area contributed by atoms with Crippen LogP contribution in [0.1, 0.15) is 52.4 Å². The van der Waals surface area contributed by atoms with Crippen LogP contribution >= 0.6 is 0 Å². The molecule has 0 radical (unpaired) electrons. The minimum absolute atomic E-state index is 0.0541. The Morgan fingerprint density at radius 2 is 1.95 bits per heavy atom. The number of amides is 1. The van der Waals surface area contributed by atoms with E-state index in [2.05, 4.69) is 12.2 Å². The Labute approximate surface area is 115 Å². The van der Waals surface area contributed by atoms with Crippen LogP contribution in [0.2, 0.25) is 0 Å². The number of hydrogen-bond acceptors (Lipinski definition) is 3. The average Bonchev–Trinajstić information content (AvgIpc) is 2.39. The van der Waals surface area contributed by atoms with Gasteiger partial charge in [-0.25, -0.2) is 0 Å². The van der Waals surface area contributed by atoms with E-state index in [1.54, 1.807) is 6.92 Å². The van der Waals surface area contributed by atoms with Gasteiger partial charge in [-0.2, -0.15) is 0 Å². The first-order chi connectivity index (χ1) is 9.01. The van der Waals surface area contributed by atoms with Crippen LogP contribution in [0.4, 0.5) is 0 Å². The predicted octanol–water partition coefficient (Wildman–Crippen LogP) is 1.76. The van der Waals surface area contributed by atoms with Gasteiger partial charge in [0, 0.05) is 13.0 Å². The molecule has 2 atom stereocenters. The molecule has 4 N–H and O–H groups in total. The molecule has 0 fully saturated rings. The second-order valence-electron chi connectivity index (χ2n) is 5.12. The molecule has 0 heterocycles. The zero-order chi connectivity index (χ0) is 14.7. The Balaban J connectivity index is 3.61. The molecule has 0 aromatic heterocycles. The summed E-state index contributed by atoms with van der Waals surface area (Å²) in [6, 6.07) is 0. The number of carboxylic acid groups (broad SMARTS) is 1. The van der Waals surface area contributed by atoms with Gasteiger partial charge >= 0.3 is 5.97 Å². The lowest BCUT2D eigenvalue weighted by Gasteiger charge is -2.13. The molecule has 19 heavy (non-hydrogen) atoms. The molecule has 0 rings (SSSR count). The highest BCUT2D eigenvalue weighted by Crippen LogP contribution is 2.14. The number of carbonyl (C=O) groups is 2. The predicted molar refractivity (Wildman–Crippen MR) is 75.7 cm³/mol. The lowest BCUT2D eigenvalue weighted by atomic mass is 9.96. The zero-order valence-corrected chi connectivity index (χ0v) is 12.2. The summed E-state index contributed by atoms with van der Waals surface area (Å²) >= 11 is 0. The van der Waals surface area contributed by atoms with E-state index in [0.29, 0.717) is 38.3 Å². The Bertz CT molecular complexity index is 269. The topological polar surface area (TPSA) is 92.4 Å². The molecular formula is C14H28N2O3. The van der Waals surface area contributed by atoms with Gasteiger partial charge in [0.15, 0.2) is 0 Å². The van der Waals surface area contributed by atoms with Gasteiger partial charge in [0.05, 0.1) is 5.92 Å². The third-order valence-corrected chi connectivity index (χ3v) is 3.49. The molecule has 0 spiro atoms. The van der Waals surface area contributed by atoms with Crippen molar-refractivity contribution >= 4 is 11.9 Å². The number of nitrogens with two attached hydrogens (primary N) is 1. The molecule has 112 valence electrons. The summed E-state index contributed by atoms with van der Waals surface area (Å²) in [5.74, 6) is -0.536. The molecule has 0 aliphatic rings. The van der Waals surface area contributed by atoms with Crippen molar-refractivity contribution in [2.45, 2.75) is 52.4 Å². The molecule has 1 amide bonds. The van der Waals surface area contributed by atoms with Crippen LogP contribution in [0.3, 0.4) is 0 Å². The second kappa shape index (κ2) is 10.8. The van der Waals surface area contributed by atoms with Gasteiger partial charge in [-0.1, -0.05) is 20.3 Å². The van der Waals surface area contributed by atoms with E-state index in [4.69, 9.17) is 10.8 Å². The van der Waals surface area contributed by atoms with E-state index in [1.807, 2.05) is 0 Å². The van der Waals surface area contributed by atoms with Crippen molar-refractivity contribution in [3.63, 3.8) is 0 Å². The average molecular weight is 272 g/mol.